The average molecular weight is 219 g/mol. The molecule has 0 saturated carbocycles. The summed E-state index contributed by atoms with van der Waals surface area (Å²) < 4.78 is 10.6. The molecule has 4 heteroatoms. The van der Waals surface area contributed by atoms with Gasteiger partial charge >= 0.3 is 9.28 Å². The first-order chi connectivity index (χ1) is 7.35. The van der Waals surface area contributed by atoms with E-state index in [2.05, 4.69) is 11.1 Å². The molecule has 0 aliphatic heterocycles. The maximum absolute atomic E-state index is 5.29. The Bertz CT molecular complexity index is 457. The quantitative estimate of drug-likeness (QED) is 0.720. The van der Waals surface area contributed by atoms with Crippen LogP contribution >= 0.6 is 0 Å². The van der Waals surface area contributed by atoms with E-state index in [0.29, 0.717) is 0 Å². The maximum Gasteiger partial charge on any atom is 0.374 e. The molecule has 0 N–H and O–H groups in total. The Morgan fingerprint density at radius 1 is 1.00 bits per heavy atom. The van der Waals surface area contributed by atoms with Crippen LogP contribution in [0.25, 0.3) is 10.9 Å². The van der Waals surface area contributed by atoms with Gasteiger partial charge in [0.1, 0.15) is 0 Å². The first-order valence-corrected chi connectivity index (χ1v) is 6.28. The van der Waals surface area contributed by atoms with Crippen LogP contribution in [0.1, 0.15) is 0 Å². The summed E-state index contributed by atoms with van der Waals surface area (Å²) in [4.78, 5) is 4.53. The summed E-state index contributed by atoms with van der Waals surface area (Å²) in [7, 11) is 1.56. The van der Waals surface area contributed by atoms with Gasteiger partial charge in [-0.15, -0.1) is 0 Å². The molecule has 15 heavy (non-hydrogen) atoms. The molecule has 1 aromatic heterocycles. The van der Waals surface area contributed by atoms with Gasteiger partial charge in [-0.2, -0.15) is 0 Å². The largest absolute Gasteiger partial charge is 0.396 e. The summed E-state index contributed by atoms with van der Waals surface area (Å²) in [5, 5.41) is 2.07. The lowest BCUT2D eigenvalue weighted by Crippen LogP contribution is -2.36. The molecule has 0 spiro atoms. The molecule has 0 atom stereocenters. The standard InChI is InChI=1S/C11H13NO2Si/c1-13-15(14-2)11-8-7-9-5-3-4-6-10(9)12-11/h3-8,15H,1-2H3. The van der Waals surface area contributed by atoms with Gasteiger partial charge in [-0.1, -0.05) is 24.3 Å². The van der Waals surface area contributed by atoms with E-state index in [4.69, 9.17) is 8.85 Å². The third kappa shape index (κ3) is 2.07. The minimum absolute atomic E-state index is 0.929. The molecule has 1 aromatic carbocycles. The fraction of sp³-hybridized carbons (Fsp3) is 0.182. The second-order valence-corrected chi connectivity index (χ2v) is 5.43. The third-order valence-electron chi connectivity index (χ3n) is 2.29. The minimum Gasteiger partial charge on any atom is -0.396 e. The number of rotatable bonds is 3. The number of hydrogen-bond acceptors (Lipinski definition) is 3. The molecule has 0 unspecified atom stereocenters. The zero-order valence-electron chi connectivity index (χ0n) is 8.81. The Morgan fingerprint density at radius 3 is 2.47 bits per heavy atom. The van der Waals surface area contributed by atoms with Crippen LogP contribution in [0.4, 0.5) is 0 Å². The molecule has 0 bridgehead atoms. The number of hydrogen-bond donors (Lipinski definition) is 0. The van der Waals surface area contributed by atoms with Crippen LogP contribution < -0.4 is 5.32 Å². The van der Waals surface area contributed by atoms with Gasteiger partial charge < -0.3 is 8.85 Å². The molecular weight excluding hydrogens is 206 g/mol. The van der Waals surface area contributed by atoms with Crippen LogP contribution in [-0.2, 0) is 8.85 Å². The van der Waals surface area contributed by atoms with Gasteiger partial charge in [-0.25, -0.2) is 0 Å². The summed E-state index contributed by atoms with van der Waals surface area (Å²) >= 11 is 0. The van der Waals surface area contributed by atoms with E-state index in [9.17, 15) is 0 Å². The molecule has 1 heterocycles. The van der Waals surface area contributed by atoms with Crippen molar-refractivity contribution in [3.8, 4) is 0 Å². The summed E-state index contributed by atoms with van der Waals surface area (Å²) in [5.74, 6) is 0. The van der Waals surface area contributed by atoms with Gasteiger partial charge in [0, 0.05) is 19.6 Å². The van der Waals surface area contributed by atoms with Crippen molar-refractivity contribution in [1.29, 1.82) is 0 Å². The van der Waals surface area contributed by atoms with Gasteiger partial charge in [0.2, 0.25) is 0 Å². The molecular formula is C11H13NO2Si. The second kappa shape index (κ2) is 4.52. The van der Waals surface area contributed by atoms with Crippen LogP contribution in [-0.4, -0.2) is 28.5 Å². The van der Waals surface area contributed by atoms with E-state index < -0.39 is 9.28 Å². The van der Waals surface area contributed by atoms with E-state index in [1.54, 1.807) is 14.2 Å². The third-order valence-corrected chi connectivity index (χ3v) is 3.95. The monoisotopic (exact) mass is 219 g/mol. The number of para-hydroxylation sites is 1. The highest BCUT2D eigenvalue weighted by atomic mass is 28.3. The van der Waals surface area contributed by atoms with Crippen LogP contribution in [0.5, 0.6) is 0 Å². The highest BCUT2D eigenvalue weighted by Gasteiger charge is 2.14. The zero-order valence-corrected chi connectivity index (χ0v) is 9.96. The van der Waals surface area contributed by atoms with E-state index >= 15 is 0 Å². The van der Waals surface area contributed by atoms with Gasteiger partial charge in [0.15, 0.2) is 0 Å². The fourth-order valence-corrected chi connectivity index (χ4v) is 2.72. The van der Waals surface area contributed by atoms with Gasteiger partial charge in [-0.05, 0) is 12.1 Å². The SMILES string of the molecule is CO[SiH](OC)c1ccc2ccccc2n1. The Kier molecular flexibility index (Phi) is 3.10. The van der Waals surface area contributed by atoms with Crippen molar-refractivity contribution < 1.29 is 8.85 Å². The van der Waals surface area contributed by atoms with Crippen LogP contribution in [0.15, 0.2) is 36.4 Å². The highest BCUT2D eigenvalue weighted by Crippen LogP contribution is 2.08. The number of nitrogens with zero attached hydrogens (tertiary/aromatic N) is 1. The van der Waals surface area contributed by atoms with Crippen molar-refractivity contribution in [1.82, 2.24) is 4.98 Å². The Labute approximate surface area is 90.5 Å². The summed E-state index contributed by atoms with van der Waals surface area (Å²) in [5.41, 5.74) is 0.988. The summed E-state index contributed by atoms with van der Waals surface area (Å²) in [6.45, 7) is 0. The Balaban J connectivity index is 2.46. The van der Waals surface area contributed by atoms with Gasteiger partial charge in [-0.3, -0.25) is 4.98 Å². The fourth-order valence-electron chi connectivity index (χ4n) is 1.55. The number of pyridine rings is 1. The number of fused-ring (bicyclic) bond motifs is 1. The van der Waals surface area contributed by atoms with Crippen molar-refractivity contribution in [2.75, 3.05) is 14.2 Å². The molecule has 78 valence electrons. The van der Waals surface area contributed by atoms with Crippen molar-refractivity contribution in [3.63, 3.8) is 0 Å². The van der Waals surface area contributed by atoms with Crippen molar-refractivity contribution >= 4 is 25.5 Å². The number of benzene rings is 1. The molecule has 0 radical (unpaired) electrons. The molecule has 2 rings (SSSR count). The Hall–Kier alpha value is -1.23. The minimum atomic E-state index is -1.77. The van der Waals surface area contributed by atoms with Crippen molar-refractivity contribution in [3.05, 3.63) is 36.4 Å². The molecule has 3 nitrogen and oxygen atoms in total. The van der Waals surface area contributed by atoms with E-state index in [1.807, 2.05) is 30.3 Å². The first kappa shape index (κ1) is 10.3. The van der Waals surface area contributed by atoms with E-state index in [1.165, 1.54) is 0 Å². The van der Waals surface area contributed by atoms with Crippen molar-refractivity contribution in [2.45, 2.75) is 0 Å². The summed E-state index contributed by atoms with van der Waals surface area (Å²) in [6.07, 6.45) is 0. The lowest BCUT2D eigenvalue weighted by Gasteiger charge is -2.10. The second-order valence-electron chi connectivity index (χ2n) is 3.23. The van der Waals surface area contributed by atoms with Crippen molar-refractivity contribution in [2.24, 2.45) is 0 Å². The Morgan fingerprint density at radius 2 is 1.73 bits per heavy atom. The molecule has 0 fully saturated rings. The van der Waals surface area contributed by atoms with E-state index in [0.717, 1.165) is 16.2 Å². The topological polar surface area (TPSA) is 31.4 Å². The first-order valence-electron chi connectivity index (χ1n) is 4.76. The molecule has 0 amide bonds. The van der Waals surface area contributed by atoms with E-state index in [-0.39, 0.29) is 0 Å². The zero-order chi connectivity index (χ0) is 10.7. The number of aromatic nitrogens is 1. The lowest BCUT2D eigenvalue weighted by atomic mass is 10.2. The normalized spacial score (nSPS) is 11.1. The molecule has 2 aromatic rings. The maximum atomic E-state index is 5.29. The predicted octanol–water partition coefficient (Wildman–Crippen LogP) is 0.955. The highest BCUT2D eigenvalue weighted by molar-refractivity contribution is 6.60. The summed E-state index contributed by atoms with van der Waals surface area (Å²) in [6, 6.07) is 12.1. The van der Waals surface area contributed by atoms with Crippen LogP contribution in [0, 0.1) is 0 Å². The van der Waals surface area contributed by atoms with Crippen LogP contribution in [0.2, 0.25) is 0 Å². The lowest BCUT2D eigenvalue weighted by molar-refractivity contribution is 0.291. The smallest absolute Gasteiger partial charge is 0.374 e. The molecule has 0 saturated heterocycles. The molecule has 0 aliphatic carbocycles. The van der Waals surface area contributed by atoms with Gasteiger partial charge in [0.05, 0.1) is 10.8 Å². The van der Waals surface area contributed by atoms with Crippen LogP contribution in [0.3, 0.4) is 0 Å². The molecule has 0 aliphatic rings. The predicted molar refractivity (Wildman–Crippen MR) is 62.5 cm³/mol. The average Bonchev–Trinajstić information content (AvgIpc) is 2.30. The van der Waals surface area contributed by atoms with Gasteiger partial charge in [0.25, 0.3) is 0 Å².